The zero-order chi connectivity index (χ0) is 24.2. The molecule has 4 nitrogen and oxygen atoms in total. The molecular formula is C27H22F3NO3. The van der Waals surface area contributed by atoms with E-state index in [4.69, 9.17) is 4.74 Å². The molecule has 3 aromatic rings. The Balaban J connectivity index is 1.70. The molecule has 0 N–H and O–H groups in total. The molecule has 0 saturated heterocycles. The lowest BCUT2D eigenvalue weighted by molar-refractivity contribution is -0.141. The highest BCUT2D eigenvalue weighted by atomic mass is 19.1. The van der Waals surface area contributed by atoms with Gasteiger partial charge in [0.05, 0.1) is 12.1 Å². The molecule has 1 unspecified atom stereocenters. The van der Waals surface area contributed by atoms with E-state index in [2.05, 4.69) is 0 Å². The zero-order valence-electron chi connectivity index (χ0n) is 18.4. The molecule has 0 bridgehead atoms. The first-order valence-corrected chi connectivity index (χ1v) is 10.7. The maximum atomic E-state index is 14.7. The zero-order valence-corrected chi connectivity index (χ0v) is 18.4. The van der Waals surface area contributed by atoms with Crippen molar-refractivity contribution in [1.29, 1.82) is 0 Å². The number of benzene rings is 3. The number of hydrogen-bond acceptors (Lipinski definition) is 3. The van der Waals surface area contributed by atoms with E-state index in [9.17, 15) is 22.8 Å². The second-order valence-electron chi connectivity index (χ2n) is 8.09. The van der Waals surface area contributed by atoms with Crippen LogP contribution in [0.15, 0.2) is 84.1 Å². The summed E-state index contributed by atoms with van der Waals surface area (Å²) in [4.78, 5) is 27.7. The van der Waals surface area contributed by atoms with Crippen LogP contribution in [0.4, 0.5) is 13.2 Å². The highest BCUT2D eigenvalue weighted by Gasteiger charge is 2.38. The lowest BCUT2D eigenvalue weighted by atomic mass is 9.83. The molecule has 174 valence electrons. The van der Waals surface area contributed by atoms with E-state index in [-0.39, 0.29) is 36.6 Å². The predicted octanol–water partition coefficient (Wildman–Crippen LogP) is 5.64. The molecule has 0 aromatic heterocycles. The van der Waals surface area contributed by atoms with Crippen LogP contribution in [0, 0.1) is 17.5 Å². The van der Waals surface area contributed by atoms with Crippen LogP contribution in [0.5, 0.6) is 0 Å². The van der Waals surface area contributed by atoms with Crippen LogP contribution >= 0.6 is 0 Å². The first-order chi connectivity index (χ1) is 16.3. The van der Waals surface area contributed by atoms with Crippen molar-refractivity contribution in [3.8, 4) is 0 Å². The molecule has 1 aliphatic rings. The average molecular weight is 465 g/mol. The third-order valence-electron chi connectivity index (χ3n) is 5.85. The Hall–Kier alpha value is -3.87. The van der Waals surface area contributed by atoms with Gasteiger partial charge in [-0.2, -0.15) is 0 Å². The van der Waals surface area contributed by atoms with Crippen molar-refractivity contribution in [3.63, 3.8) is 0 Å². The van der Waals surface area contributed by atoms with Crippen LogP contribution in [-0.2, 0) is 27.5 Å². The van der Waals surface area contributed by atoms with Crippen LogP contribution in [0.1, 0.15) is 36.0 Å². The molecule has 34 heavy (non-hydrogen) atoms. The van der Waals surface area contributed by atoms with E-state index in [0.717, 1.165) is 17.7 Å². The van der Waals surface area contributed by atoms with Crippen LogP contribution in [-0.4, -0.2) is 16.8 Å². The Morgan fingerprint density at radius 2 is 1.62 bits per heavy atom. The minimum atomic E-state index is -0.930. The number of amides is 1. The summed E-state index contributed by atoms with van der Waals surface area (Å²) in [6.45, 7) is 1.70. The molecule has 0 fully saturated rings. The molecule has 0 aliphatic carbocycles. The molecule has 1 heterocycles. The maximum absolute atomic E-state index is 14.7. The quantitative estimate of drug-likeness (QED) is 0.443. The number of nitrogens with zero attached hydrogens (tertiary/aromatic N) is 1. The SMILES string of the molecule is CC1=C(C(=O)OCc2ccccc2)C(c2ccc(F)cc2F)CC(=O)N1Cc1ccc(F)cc1. The molecular weight excluding hydrogens is 443 g/mol. The standard InChI is InChI=1S/C27H22F3NO3/c1-17-26(27(33)34-16-19-5-3-2-4-6-19)23(22-12-11-21(29)13-24(22)30)14-25(32)31(17)15-18-7-9-20(28)10-8-18/h2-13,23H,14-16H2,1H3. The van der Waals surface area contributed by atoms with Crippen molar-refractivity contribution in [3.05, 3.63) is 118 Å². The van der Waals surface area contributed by atoms with Crippen LogP contribution in [0.3, 0.4) is 0 Å². The largest absolute Gasteiger partial charge is 0.457 e. The molecule has 0 spiro atoms. The third kappa shape index (κ3) is 5.03. The number of carbonyl (C=O) groups excluding carboxylic acids is 2. The molecule has 3 aromatic carbocycles. The van der Waals surface area contributed by atoms with E-state index in [1.54, 1.807) is 31.2 Å². The van der Waals surface area contributed by atoms with Gasteiger partial charge in [0.2, 0.25) is 5.91 Å². The lowest BCUT2D eigenvalue weighted by Crippen LogP contribution is -2.38. The summed E-state index contributed by atoms with van der Waals surface area (Å²) in [6.07, 6.45) is -0.198. The van der Waals surface area contributed by atoms with Gasteiger partial charge in [-0.05, 0) is 41.8 Å². The number of halogens is 3. The Labute approximate surface area is 195 Å². The monoisotopic (exact) mass is 465 g/mol. The fraction of sp³-hybridized carbons (Fsp3) is 0.185. The summed E-state index contributed by atoms with van der Waals surface area (Å²) in [7, 11) is 0. The van der Waals surface area contributed by atoms with Crippen LogP contribution < -0.4 is 0 Å². The van der Waals surface area contributed by atoms with Crippen molar-refractivity contribution < 1.29 is 27.5 Å². The molecule has 1 aliphatic heterocycles. The molecule has 7 heteroatoms. The van der Waals surface area contributed by atoms with E-state index in [0.29, 0.717) is 11.3 Å². The third-order valence-corrected chi connectivity index (χ3v) is 5.85. The van der Waals surface area contributed by atoms with Crippen molar-refractivity contribution in [2.24, 2.45) is 0 Å². The van der Waals surface area contributed by atoms with Crippen molar-refractivity contribution >= 4 is 11.9 Å². The van der Waals surface area contributed by atoms with Gasteiger partial charge in [0.1, 0.15) is 24.1 Å². The predicted molar refractivity (Wildman–Crippen MR) is 120 cm³/mol. The summed E-state index contributed by atoms with van der Waals surface area (Å²) in [5, 5.41) is 0. The van der Waals surface area contributed by atoms with Gasteiger partial charge in [0, 0.05) is 24.1 Å². The average Bonchev–Trinajstić information content (AvgIpc) is 2.82. The van der Waals surface area contributed by atoms with Gasteiger partial charge in [-0.25, -0.2) is 18.0 Å². The highest BCUT2D eigenvalue weighted by Crippen LogP contribution is 2.39. The number of esters is 1. The number of carbonyl (C=O) groups is 2. The fourth-order valence-electron chi connectivity index (χ4n) is 4.09. The summed E-state index contributed by atoms with van der Waals surface area (Å²) in [5.74, 6) is -3.96. The topological polar surface area (TPSA) is 46.6 Å². The van der Waals surface area contributed by atoms with Gasteiger partial charge in [-0.15, -0.1) is 0 Å². The molecule has 0 radical (unpaired) electrons. The van der Waals surface area contributed by atoms with Crippen molar-refractivity contribution in [2.75, 3.05) is 0 Å². The number of ether oxygens (including phenoxy) is 1. The van der Waals surface area contributed by atoms with Gasteiger partial charge in [-0.3, -0.25) is 4.79 Å². The second-order valence-corrected chi connectivity index (χ2v) is 8.09. The second kappa shape index (κ2) is 9.95. The van der Waals surface area contributed by atoms with E-state index in [1.165, 1.54) is 23.1 Å². The first-order valence-electron chi connectivity index (χ1n) is 10.7. The van der Waals surface area contributed by atoms with E-state index >= 15 is 0 Å². The van der Waals surface area contributed by atoms with E-state index < -0.39 is 29.3 Å². The summed E-state index contributed by atoms with van der Waals surface area (Å²) >= 11 is 0. The van der Waals surface area contributed by atoms with Gasteiger partial charge in [-0.1, -0.05) is 48.5 Å². The van der Waals surface area contributed by atoms with Gasteiger partial charge in [0.25, 0.3) is 0 Å². The fourth-order valence-corrected chi connectivity index (χ4v) is 4.09. The molecule has 4 rings (SSSR count). The van der Waals surface area contributed by atoms with Crippen LogP contribution in [0.25, 0.3) is 0 Å². The number of rotatable bonds is 6. The number of allylic oxidation sites excluding steroid dienone is 1. The summed E-state index contributed by atoms with van der Waals surface area (Å²) < 4.78 is 47.0. The Morgan fingerprint density at radius 1 is 0.941 bits per heavy atom. The molecule has 0 saturated carbocycles. The van der Waals surface area contributed by atoms with Gasteiger partial charge < -0.3 is 9.64 Å². The lowest BCUT2D eigenvalue weighted by Gasteiger charge is -2.34. The smallest absolute Gasteiger partial charge is 0.336 e. The van der Waals surface area contributed by atoms with Crippen LogP contribution in [0.2, 0.25) is 0 Å². The van der Waals surface area contributed by atoms with Gasteiger partial charge in [0.15, 0.2) is 0 Å². The van der Waals surface area contributed by atoms with Gasteiger partial charge >= 0.3 is 5.97 Å². The van der Waals surface area contributed by atoms with Crippen molar-refractivity contribution in [2.45, 2.75) is 32.4 Å². The Bertz CT molecular complexity index is 1240. The normalized spacial score (nSPS) is 16.1. The highest BCUT2D eigenvalue weighted by molar-refractivity contribution is 5.95. The minimum Gasteiger partial charge on any atom is -0.457 e. The minimum absolute atomic E-state index is 0.000974. The molecule has 1 amide bonds. The maximum Gasteiger partial charge on any atom is 0.336 e. The Morgan fingerprint density at radius 3 is 2.29 bits per heavy atom. The van der Waals surface area contributed by atoms with E-state index in [1.807, 2.05) is 18.2 Å². The first kappa shape index (κ1) is 23.3. The summed E-state index contributed by atoms with van der Waals surface area (Å²) in [5.41, 5.74) is 1.92. The summed E-state index contributed by atoms with van der Waals surface area (Å²) in [6, 6.07) is 17.8. The van der Waals surface area contributed by atoms with Crippen molar-refractivity contribution in [1.82, 2.24) is 4.90 Å². The number of hydrogen-bond donors (Lipinski definition) is 0. The molecule has 1 atom stereocenters. The Kier molecular flexibility index (Phi) is 6.82.